The molecule has 0 saturated carbocycles. The molecule has 0 fully saturated rings. The van der Waals surface area contributed by atoms with Gasteiger partial charge in [0.25, 0.3) is 5.95 Å². The summed E-state index contributed by atoms with van der Waals surface area (Å²) in [5, 5.41) is 4.25. The summed E-state index contributed by atoms with van der Waals surface area (Å²) >= 11 is 0. The van der Waals surface area contributed by atoms with E-state index >= 15 is 0 Å². The minimum atomic E-state index is -0.450. The van der Waals surface area contributed by atoms with E-state index in [0.717, 1.165) is 17.0 Å². The Morgan fingerprint density at radius 2 is 2.00 bits per heavy atom. The lowest BCUT2D eigenvalue weighted by Gasteiger charge is -2.05. The normalized spacial score (nSPS) is 10.5. The maximum atomic E-state index is 11.8. The number of carbonyl (C=O) groups excluding carboxylic acids is 1. The van der Waals surface area contributed by atoms with Crippen LogP contribution in [0.4, 0.5) is 0 Å². The van der Waals surface area contributed by atoms with Crippen LogP contribution in [-0.4, -0.2) is 32.3 Å². The second-order valence-corrected chi connectivity index (χ2v) is 4.91. The van der Waals surface area contributed by atoms with Gasteiger partial charge >= 0.3 is 5.97 Å². The van der Waals surface area contributed by atoms with Crippen molar-refractivity contribution in [3.63, 3.8) is 0 Å². The van der Waals surface area contributed by atoms with Gasteiger partial charge in [-0.25, -0.2) is 19.4 Å². The van der Waals surface area contributed by atoms with Crippen molar-refractivity contribution in [1.82, 2.24) is 19.7 Å². The van der Waals surface area contributed by atoms with Crippen molar-refractivity contribution in [3.05, 3.63) is 60.0 Å². The highest BCUT2D eigenvalue weighted by Crippen LogP contribution is 2.17. The molecule has 2 aromatic heterocycles. The van der Waals surface area contributed by atoms with E-state index in [2.05, 4.69) is 15.1 Å². The third kappa shape index (κ3) is 3.11. The van der Waals surface area contributed by atoms with Gasteiger partial charge in [-0.3, -0.25) is 0 Å². The monoisotopic (exact) mass is 308 g/mol. The number of rotatable bonds is 4. The van der Waals surface area contributed by atoms with Crippen molar-refractivity contribution >= 4 is 5.97 Å². The Labute approximate surface area is 133 Å². The molecule has 0 N–H and O–H groups in total. The Hall–Kier alpha value is -3.02. The molecule has 0 unspecified atom stereocenters. The van der Waals surface area contributed by atoms with Crippen LogP contribution in [-0.2, 0) is 4.74 Å². The van der Waals surface area contributed by atoms with Crippen LogP contribution < -0.4 is 0 Å². The summed E-state index contributed by atoms with van der Waals surface area (Å²) in [7, 11) is 0. The molecule has 6 heteroatoms. The van der Waals surface area contributed by atoms with E-state index < -0.39 is 5.97 Å². The van der Waals surface area contributed by atoms with Gasteiger partial charge in [-0.05, 0) is 26.0 Å². The molecule has 0 saturated heterocycles. The predicted octanol–water partition coefficient (Wildman–Crippen LogP) is 2.81. The first-order chi connectivity index (χ1) is 11.2. The molecule has 2 heterocycles. The summed E-state index contributed by atoms with van der Waals surface area (Å²) in [5.74, 6) is -0.0343. The molecule has 116 valence electrons. The number of esters is 1. The fraction of sp³-hybridized carbons (Fsp3) is 0.176. The van der Waals surface area contributed by atoms with Crippen molar-refractivity contribution < 1.29 is 9.53 Å². The Bertz CT molecular complexity index is 828. The molecule has 1 aromatic carbocycles. The maximum absolute atomic E-state index is 11.8. The molecule has 0 atom stereocenters. The Morgan fingerprint density at radius 1 is 1.22 bits per heavy atom. The van der Waals surface area contributed by atoms with Gasteiger partial charge in [-0.1, -0.05) is 30.3 Å². The van der Waals surface area contributed by atoms with Crippen molar-refractivity contribution in [2.45, 2.75) is 13.8 Å². The van der Waals surface area contributed by atoms with Gasteiger partial charge in [0.15, 0.2) is 5.69 Å². The van der Waals surface area contributed by atoms with Gasteiger partial charge in [0, 0.05) is 17.5 Å². The van der Waals surface area contributed by atoms with Crippen LogP contribution in [0, 0.1) is 6.92 Å². The first-order valence-corrected chi connectivity index (χ1v) is 7.31. The first kappa shape index (κ1) is 14.9. The largest absolute Gasteiger partial charge is 0.461 e. The predicted molar refractivity (Wildman–Crippen MR) is 85.3 cm³/mol. The van der Waals surface area contributed by atoms with E-state index in [0.29, 0.717) is 12.6 Å². The van der Waals surface area contributed by atoms with E-state index in [1.54, 1.807) is 23.9 Å². The highest BCUT2D eigenvalue weighted by Gasteiger charge is 2.15. The van der Waals surface area contributed by atoms with E-state index in [1.807, 2.05) is 43.3 Å². The standard InChI is InChI=1S/C17H16N4O2/c1-3-23-16(22)15-11-12(2)21(20-15)17-18-10-9-14(19-17)13-7-5-4-6-8-13/h4-11H,3H2,1-2H3. The Balaban J connectivity index is 1.98. The molecule has 3 aromatic rings. The Morgan fingerprint density at radius 3 is 2.74 bits per heavy atom. The summed E-state index contributed by atoms with van der Waals surface area (Å²) in [6, 6.07) is 13.3. The van der Waals surface area contributed by atoms with E-state index in [-0.39, 0.29) is 5.69 Å². The lowest BCUT2D eigenvalue weighted by Crippen LogP contribution is -2.09. The molecule has 0 aliphatic heterocycles. The second kappa shape index (κ2) is 6.39. The topological polar surface area (TPSA) is 69.9 Å². The third-order valence-corrected chi connectivity index (χ3v) is 3.27. The number of nitrogens with zero attached hydrogens (tertiary/aromatic N) is 4. The lowest BCUT2D eigenvalue weighted by atomic mass is 10.1. The molecular formula is C17H16N4O2. The zero-order valence-electron chi connectivity index (χ0n) is 12.9. The van der Waals surface area contributed by atoms with Gasteiger partial charge < -0.3 is 4.74 Å². The maximum Gasteiger partial charge on any atom is 0.358 e. The van der Waals surface area contributed by atoms with Crippen LogP contribution in [0.5, 0.6) is 0 Å². The smallest absolute Gasteiger partial charge is 0.358 e. The Kier molecular flexibility index (Phi) is 4.14. The summed E-state index contributed by atoms with van der Waals surface area (Å²) in [5.41, 5.74) is 2.80. The van der Waals surface area contributed by atoms with Crippen LogP contribution in [0.15, 0.2) is 48.7 Å². The third-order valence-electron chi connectivity index (χ3n) is 3.27. The minimum absolute atomic E-state index is 0.248. The van der Waals surface area contributed by atoms with Crippen LogP contribution in [0.25, 0.3) is 17.2 Å². The molecule has 0 aliphatic carbocycles. The van der Waals surface area contributed by atoms with E-state index in [1.165, 1.54) is 0 Å². The fourth-order valence-electron chi connectivity index (χ4n) is 2.20. The molecule has 0 bridgehead atoms. The second-order valence-electron chi connectivity index (χ2n) is 4.91. The average molecular weight is 308 g/mol. The quantitative estimate of drug-likeness (QED) is 0.693. The number of aromatic nitrogens is 4. The van der Waals surface area contributed by atoms with Crippen LogP contribution in [0.3, 0.4) is 0 Å². The number of benzene rings is 1. The van der Waals surface area contributed by atoms with Gasteiger partial charge in [0.2, 0.25) is 0 Å². The zero-order chi connectivity index (χ0) is 16.2. The number of hydrogen-bond acceptors (Lipinski definition) is 5. The van der Waals surface area contributed by atoms with Crippen molar-refractivity contribution in [2.24, 2.45) is 0 Å². The van der Waals surface area contributed by atoms with Crippen molar-refractivity contribution in [2.75, 3.05) is 6.61 Å². The zero-order valence-corrected chi connectivity index (χ0v) is 12.9. The number of hydrogen-bond donors (Lipinski definition) is 0. The molecule has 6 nitrogen and oxygen atoms in total. The summed E-state index contributed by atoms with van der Waals surface area (Å²) < 4.78 is 6.51. The molecule has 0 amide bonds. The fourth-order valence-corrected chi connectivity index (χ4v) is 2.20. The lowest BCUT2D eigenvalue weighted by molar-refractivity contribution is 0.0519. The average Bonchev–Trinajstić information content (AvgIpc) is 2.98. The highest BCUT2D eigenvalue weighted by atomic mass is 16.5. The van der Waals surface area contributed by atoms with Crippen LogP contribution in [0.2, 0.25) is 0 Å². The minimum Gasteiger partial charge on any atom is -0.461 e. The molecular weight excluding hydrogens is 292 g/mol. The first-order valence-electron chi connectivity index (χ1n) is 7.31. The van der Waals surface area contributed by atoms with Crippen LogP contribution in [0.1, 0.15) is 23.1 Å². The van der Waals surface area contributed by atoms with Gasteiger partial charge in [-0.2, -0.15) is 5.10 Å². The van der Waals surface area contributed by atoms with Gasteiger partial charge in [0.1, 0.15) is 0 Å². The van der Waals surface area contributed by atoms with Crippen LogP contribution >= 0.6 is 0 Å². The summed E-state index contributed by atoms with van der Waals surface area (Å²) in [6.45, 7) is 3.91. The molecule has 3 rings (SSSR count). The van der Waals surface area contributed by atoms with E-state index in [4.69, 9.17) is 4.74 Å². The molecule has 0 spiro atoms. The van der Waals surface area contributed by atoms with Gasteiger partial charge in [-0.15, -0.1) is 0 Å². The number of carbonyl (C=O) groups is 1. The molecule has 23 heavy (non-hydrogen) atoms. The summed E-state index contributed by atoms with van der Waals surface area (Å²) in [6.07, 6.45) is 1.68. The van der Waals surface area contributed by atoms with E-state index in [9.17, 15) is 4.79 Å². The number of aryl methyl sites for hydroxylation is 1. The number of ether oxygens (including phenoxy) is 1. The van der Waals surface area contributed by atoms with Crippen molar-refractivity contribution in [3.8, 4) is 17.2 Å². The van der Waals surface area contributed by atoms with Crippen molar-refractivity contribution in [1.29, 1.82) is 0 Å². The van der Waals surface area contributed by atoms with Gasteiger partial charge in [0.05, 0.1) is 12.3 Å². The summed E-state index contributed by atoms with van der Waals surface area (Å²) in [4.78, 5) is 20.6. The molecule has 0 aliphatic rings. The SMILES string of the molecule is CCOC(=O)c1cc(C)n(-c2nccc(-c3ccccc3)n2)n1. The molecule has 0 radical (unpaired) electrons. The highest BCUT2D eigenvalue weighted by molar-refractivity contribution is 5.87.